The molecule has 2 heterocycles. The molecule has 218 valence electrons. The lowest BCUT2D eigenvalue weighted by molar-refractivity contribution is -0.154. The van der Waals surface area contributed by atoms with Crippen LogP contribution in [0.4, 0.5) is 0 Å². The molecule has 1 amide bonds. The maximum atomic E-state index is 13.7. The average Bonchev–Trinajstić information content (AvgIpc) is 3.61. The average molecular weight is 549 g/mol. The molecule has 2 saturated carbocycles. The highest BCUT2D eigenvalue weighted by molar-refractivity contribution is 5.95. The zero-order valence-electron chi connectivity index (χ0n) is 25.2. The Labute approximate surface area is 239 Å². The molecule has 1 aromatic heterocycles. The molecular weight excluding hydrogens is 500 g/mol. The Morgan fingerprint density at radius 1 is 1.02 bits per heavy atom. The number of carboxylic acids is 1. The number of hydrogen-bond donors (Lipinski definition) is 2. The molecule has 3 aliphatic rings. The standard InChI is InChI=1S/C34H48N2O4/c1-32(2,3)25-18-24(19-26(20-25)33(4)11-12-33)27-21-29(36(5)28(27)17-23-9-7-6-8-10-23)30(37)35-22-34(31(38)39)13-15-40-16-14-34/h18-21,23H,6-17,22H2,1-5H3,(H,35,37)(H,38,39). The molecule has 2 aliphatic carbocycles. The molecule has 0 bridgehead atoms. The first-order chi connectivity index (χ1) is 18.9. The molecular formula is C34H48N2O4. The fourth-order valence-corrected chi connectivity index (χ4v) is 6.63. The Balaban J connectivity index is 1.52. The second kappa shape index (κ2) is 11.0. The maximum Gasteiger partial charge on any atom is 0.311 e. The summed E-state index contributed by atoms with van der Waals surface area (Å²) in [4.78, 5) is 25.8. The molecule has 0 spiro atoms. The number of benzene rings is 1. The summed E-state index contributed by atoms with van der Waals surface area (Å²) in [5.74, 6) is -0.436. The predicted octanol–water partition coefficient (Wildman–Crippen LogP) is 6.78. The summed E-state index contributed by atoms with van der Waals surface area (Å²) in [6, 6.07) is 9.15. The number of carbonyl (C=O) groups is 2. The van der Waals surface area contributed by atoms with Crippen LogP contribution in [0.1, 0.15) is 113 Å². The van der Waals surface area contributed by atoms with E-state index in [2.05, 4.69) is 61.8 Å². The van der Waals surface area contributed by atoms with Gasteiger partial charge in [-0.1, -0.05) is 78.0 Å². The molecule has 3 fully saturated rings. The van der Waals surface area contributed by atoms with Crippen LogP contribution >= 0.6 is 0 Å². The van der Waals surface area contributed by atoms with E-state index in [1.807, 2.05) is 7.05 Å². The molecule has 1 aromatic carbocycles. The quantitative estimate of drug-likeness (QED) is 0.381. The van der Waals surface area contributed by atoms with Crippen LogP contribution < -0.4 is 5.32 Å². The van der Waals surface area contributed by atoms with Gasteiger partial charge in [0.25, 0.3) is 5.91 Å². The van der Waals surface area contributed by atoms with Crippen molar-refractivity contribution in [2.45, 2.75) is 103 Å². The van der Waals surface area contributed by atoms with Gasteiger partial charge in [-0.3, -0.25) is 9.59 Å². The number of carboxylic acid groups (broad SMARTS) is 1. The summed E-state index contributed by atoms with van der Waals surface area (Å²) >= 11 is 0. The lowest BCUT2D eigenvalue weighted by Crippen LogP contribution is -2.46. The van der Waals surface area contributed by atoms with E-state index >= 15 is 0 Å². The van der Waals surface area contributed by atoms with Gasteiger partial charge < -0.3 is 19.7 Å². The lowest BCUT2D eigenvalue weighted by atomic mass is 9.80. The first-order valence-electron chi connectivity index (χ1n) is 15.4. The summed E-state index contributed by atoms with van der Waals surface area (Å²) in [6.45, 7) is 10.1. The monoisotopic (exact) mass is 548 g/mol. The molecule has 1 aliphatic heterocycles. The van der Waals surface area contributed by atoms with Crippen LogP contribution in [-0.2, 0) is 33.8 Å². The van der Waals surface area contributed by atoms with E-state index in [0.717, 1.165) is 12.0 Å². The number of rotatable bonds is 8. The van der Waals surface area contributed by atoms with Gasteiger partial charge in [-0.2, -0.15) is 0 Å². The van der Waals surface area contributed by atoms with Crippen molar-refractivity contribution in [3.8, 4) is 11.1 Å². The minimum atomic E-state index is -0.970. The van der Waals surface area contributed by atoms with Crippen molar-refractivity contribution in [1.82, 2.24) is 9.88 Å². The summed E-state index contributed by atoms with van der Waals surface area (Å²) in [6.07, 6.45) is 10.6. The molecule has 2 aromatic rings. The fourth-order valence-electron chi connectivity index (χ4n) is 6.63. The van der Waals surface area contributed by atoms with E-state index in [1.54, 1.807) is 0 Å². The smallest absolute Gasteiger partial charge is 0.311 e. The Hall–Kier alpha value is -2.60. The van der Waals surface area contributed by atoms with Gasteiger partial charge in [0.2, 0.25) is 0 Å². The van der Waals surface area contributed by atoms with E-state index in [4.69, 9.17) is 4.74 Å². The van der Waals surface area contributed by atoms with Gasteiger partial charge in [0, 0.05) is 38.1 Å². The van der Waals surface area contributed by atoms with Crippen molar-refractivity contribution in [3.05, 3.63) is 46.8 Å². The second-order valence-corrected chi connectivity index (χ2v) is 14.1. The number of nitrogens with one attached hydrogen (secondary N) is 1. The number of amides is 1. The van der Waals surface area contributed by atoms with Gasteiger partial charge in [0.1, 0.15) is 5.69 Å². The third kappa shape index (κ3) is 5.88. The van der Waals surface area contributed by atoms with Crippen molar-refractivity contribution < 1.29 is 19.4 Å². The highest BCUT2D eigenvalue weighted by atomic mass is 16.5. The molecule has 5 rings (SSSR count). The van der Waals surface area contributed by atoms with E-state index in [-0.39, 0.29) is 23.3 Å². The van der Waals surface area contributed by atoms with Gasteiger partial charge in [0.15, 0.2) is 0 Å². The summed E-state index contributed by atoms with van der Waals surface area (Å²) in [5, 5.41) is 13.0. The van der Waals surface area contributed by atoms with E-state index in [1.165, 1.54) is 67.3 Å². The molecule has 0 atom stereocenters. The Kier molecular flexibility index (Phi) is 7.95. The second-order valence-electron chi connectivity index (χ2n) is 14.1. The zero-order chi connectivity index (χ0) is 28.7. The first kappa shape index (κ1) is 28.9. The summed E-state index contributed by atoms with van der Waals surface area (Å²) in [7, 11) is 2.01. The minimum absolute atomic E-state index is 0.0173. The van der Waals surface area contributed by atoms with Crippen LogP contribution in [0.15, 0.2) is 24.3 Å². The van der Waals surface area contributed by atoms with Gasteiger partial charge in [-0.05, 0) is 71.6 Å². The summed E-state index contributed by atoms with van der Waals surface area (Å²) in [5.41, 5.74) is 6.18. The third-order valence-electron chi connectivity index (χ3n) is 10.1. The molecule has 1 saturated heterocycles. The van der Waals surface area contributed by atoms with Crippen LogP contribution in [0, 0.1) is 11.3 Å². The number of carbonyl (C=O) groups excluding carboxylic acids is 1. The highest BCUT2D eigenvalue weighted by Crippen LogP contribution is 2.49. The van der Waals surface area contributed by atoms with Crippen LogP contribution in [-0.4, -0.2) is 41.3 Å². The topological polar surface area (TPSA) is 80.6 Å². The molecule has 40 heavy (non-hydrogen) atoms. The number of ether oxygens (including phenoxy) is 1. The largest absolute Gasteiger partial charge is 0.481 e. The molecule has 2 N–H and O–H groups in total. The van der Waals surface area contributed by atoms with E-state index in [9.17, 15) is 14.7 Å². The van der Waals surface area contributed by atoms with E-state index < -0.39 is 11.4 Å². The predicted molar refractivity (Wildman–Crippen MR) is 159 cm³/mol. The van der Waals surface area contributed by atoms with Crippen LogP contribution in [0.5, 0.6) is 0 Å². The number of aromatic nitrogens is 1. The first-order valence-corrected chi connectivity index (χ1v) is 15.4. The van der Waals surface area contributed by atoms with Crippen LogP contribution in [0.2, 0.25) is 0 Å². The molecule has 6 heteroatoms. The van der Waals surface area contributed by atoms with Gasteiger partial charge >= 0.3 is 5.97 Å². The highest BCUT2D eigenvalue weighted by Gasteiger charge is 2.41. The fraction of sp³-hybridized carbons (Fsp3) is 0.647. The molecule has 0 radical (unpaired) electrons. The molecule has 0 unspecified atom stereocenters. The Morgan fingerprint density at radius 2 is 1.70 bits per heavy atom. The van der Waals surface area contributed by atoms with Crippen molar-refractivity contribution in [1.29, 1.82) is 0 Å². The Bertz CT molecular complexity index is 1230. The van der Waals surface area contributed by atoms with Crippen molar-refractivity contribution in [2.24, 2.45) is 18.4 Å². The van der Waals surface area contributed by atoms with Crippen LogP contribution in [0.3, 0.4) is 0 Å². The van der Waals surface area contributed by atoms with Crippen molar-refractivity contribution in [2.75, 3.05) is 19.8 Å². The van der Waals surface area contributed by atoms with Gasteiger partial charge in [0.05, 0.1) is 5.41 Å². The van der Waals surface area contributed by atoms with Crippen molar-refractivity contribution >= 4 is 11.9 Å². The summed E-state index contributed by atoms with van der Waals surface area (Å²) < 4.78 is 7.50. The molecule has 6 nitrogen and oxygen atoms in total. The number of hydrogen-bond acceptors (Lipinski definition) is 3. The Morgan fingerprint density at radius 3 is 2.30 bits per heavy atom. The van der Waals surface area contributed by atoms with E-state index in [0.29, 0.717) is 37.7 Å². The van der Waals surface area contributed by atoms with Gasteiger partial charge in [-0.15, -0.1) is 0 Å². The van der Waals surface area contributed by atoms with Crippen LogP contribution in [0.25, 0.3) is 11.1 Å². The van der Waals surface area contributed by atoms with Gasteiger partial charge in [-0.25, -0.2) is 0 Å². The number of nitrogens with zero attached hydrogens (tertiary/aromatic N) is 1. The zero-order valence-corrected chi connectivity index (χ0v) is 25.2. The SMILES string of the molecule is Cn1c(C(=O)NCC2(C(=O)O)CCOCC2)cc(-c2cc(C(C)(C)C)cc(C3(C)CC3)c2)c1CC1CCCCC1. The number of aliphatic carboxylic acids is 1. The third-order valence-corrected chi connectivity index (χ3v) is 10.1. The maximum absolute atomic E-state index is 13.7. The lowest BCUT2D eigenvalue weighted by Gasteiger charge is -2.33. The van der Waals surface area contributed by atoms with Crippen molar-refractivity contribution in [3.63, 3.8) is 0 Å². The minimum Gasteiger partial charge on any atom is -0.481 e. The normalized spacial score (nSPS) is 20.7.